The standard InChI is InChI=1S/C22H23ClN2O3S/c23-15-7-8-19-16(12-15)18(26)13-20(28-19)22(27)24-14-17(21-6-5-11-29-21)25-9-3-1-2-4-10-25/h5-8,11-13,17H,1-4,9-10,14H2,(H,24,27). The molecule has 1 aliphatic heterocycles. The molecule has 0 spiro atoms. The molecule has 1 N–H and O–H groups in total. The van der Waals surface area contributed by atoms with E-state index in [1.807, 2.05) is 6.07 Å². The molecule has 152 valence electrons. The summed E-state index contributed by atoms with van der Waals surface area (Å²) < 4.78 is 5.67. The van der Waals surface area contributed by atoms with Crippen LogP contribution in [-0.2, 0) is 0 Å². The van der Waals surface area contributed by atoms with Gasteiger partial charge in [0.1, 0.15) is 5.58 Å². The molecule has 1 aliphatic rings. The Balaban J connectivity index is 1.52. The first-order valence-electron chi connectivity index (χ1n) is 9.91. The van der Waals surface area contributed by atoms with Gasteiger partial charge in [-0.15, -0.1) is 11.3 Å². The van der Waals surface area contributed by atoms with E-state index in [4.69, 9.17) is 16.0 Å². The number of fused-ring (bicyclic) bond motifs is 1. The van der Waals surface area contributed by atoms with Crippen molar-refractivity contribution in [2.24, 2.45) is 0 Å². The second kappa shape index (κ2) is 9.11. The summed E-state index contributed by atoms with van der Waals surface area (Å²) in [5.74, 6) is -0.360. The van der Waals surface area contributed by atoms with Crippen LogP contribution in [-0.4, -0.2) is 30.4 Å². The highest BCUT2D eigenvalue weighted by Crippen LogP contribution is 2.27. The minimum atomic E-state index is -0.379. The summed E-state index contributed by atoms with van der Waals surface area (Å²) in [5, 5.41) is 5.87. The van der Waals surface area contributed by atoms with Crippen LogP contribution in [0, 0.1) is 0 Å². The van der Waals surface area contributed by atoms with Crippen LogP contribution < -0.4 is 10.7 Å². The van der Waals surface area contributed by atoms with Crippen LogP contribution in [0.1, 0.15) is 47.2 Å². The number of carbonyl (C=O) groups excluding carboxylic acids is 1. The molecular formula is C22H23ClN2O3S. The molecule has 5 nitrogen and oxygen atoms in total. The molecule has 3 aromatic rings. The number of hydrogen-bond acceptors (Lipinski definition) is 5. The third-order valence-corrected chi connectivity index (χ3v) is 6.53. The predicted molar refractivity (Wildman–Crippen MR) is 117 cm³/mol. The fraction of sp³-hybridized carbons (Fsp3) is 0.364. The van der Waals surface area contributed by atoms with E-state index in [1.165, 1.54) is 36.6 Å². The lowest BCUT2D eigenvalue weighted by atomic mass is 10.1. The van der Waals surface area contributed by atoms with Gasteiger partial charge in [0.15, 0.2) is 11.2 Å². The van der Waals surface area contributed by atoms with E-state index in [-0.39, 0.29) is 23.1 Å². The molecule has 1 unspecified atom stereocenters. The van der Waals surface area contributed by atoms with Crippen LogP contribution >= 0.6 is 22.9 Å². The van der Waals surface area contributed by atoms with E-state index in [9.17, 15) is 9.59 Å². The smallest absolute Gasteiger partial charge is 0.287 e. The molecule has 2 aromatic heterocycles. The molecular weight excluding hydrogens is 408 g/mol. The SMILES string of the molecule is O=C(NCC(c1cccs1)N1CCCCCC1)c1cc(=O)c2cc(Cl)ccc2o1. The second-order valence-electron chi connectivity index (χ2n) is 7.31. The van der Waals surface area contributed by atoms with Crippen LogP contribution in [0.15, 0.2) is 51.0 Å². The molecule has 0 saturated carbocycles. The van der Waals surface area contributed by atoms with E-state index in [1.54, 1.807) is 29.5 Å². The normalized spacial score (nSPS) is 16.4. The van der Waals surface area contributed by atoms with Crippen LogP contribution in [0.3, 0.4) is 0 Å². The molecule has 29 heavy (non-hydrogen) atoms. The molecule has 3 heterocycles. The van der Waals surface area contributed by atoms with Gasteiger partial charge in [-0.05, 0) is 55.6 Å². The Bertz CT molecular complexity index is 1040. The second-order valence-corrected chi connectivity index (χ2v) is 8.72. The summed E-state index contributed by atoms with van der Waals surface area (Å²) in [6.07, 6.45) is 4.87. The minimum Gasteiger partial charge on any atom is -0.451 e. The van der Waals surface area contributed by atoms with Crippen molar-refractivity contribution in [2.45, 2.75) is 31.7 Å². The largest absolute Gasteiger partial charge is 0.451 e. The first-order chi connectivity index (χ1) is 14.1. The number of nitrogens with zero attached hydrogens (tertiary/aromatic N) is 1. The van der Waals surface area contributed by atoms with Crippen molar-refractivity contribution in [3.8, 4) is 0 Å². The predicted octanol–water partition coefficient (Wildman–Crippen LogP) is 4.86. The Labute approximate surface area is 178 Å². The lowest BCUT2D eigenvalue weighted by molar-refractivity contribution is 0.0907. The van der Waals surface area contributed by atoms with Crippen molar-refractivity contribution < 1.29 is 9.21 Å². The highest BCUT2D eigenvalue weighted by atomic mass is 35.5. The Morgan fingerprint density at radius 1 is 1.17 bits per heavy atom. The Morgan fingerprint density at radius 3 is 2.69 bits per heavy atom. The number of rotatable bonds is 5. The minimum absolute atomic E-state index is 0.0191. The van der Waals surface area contributed by atoms with Gasteiger partial charge in [-0.2, -0.15) is 0 Å². The van der Waals surface area contributed by atoms with Gasteiger partial charge in [-0.3, -0.25) is 14.5 Å². The van der Waals surface area contributed by atoms with Crippen molar-refractivity contribution in [1.82, 2.24) is 10.2 Å². The van der Waals surface area contributed by atoms with Crippen molar-refractivity contribution in [3.63, 3.8) is 0 Å². The Hall–Kier alpha value is -2.15. The maximum atomic E-state index is 12.7. The number of halogens is 1. The molecule has 7 heteroatoms. The Morgan fingerprint density at radius 2 is 1.97 bits per heavy atom. The molecule has 1 saturated heterocycles. The van der Waals surface area contributed by atoms with E-state index in [0.29, 0.717) is 22.5 Å². The maximum absolute atomic E-state index is 12.7. The van der Waals surface area contributed by atoms with Crippen molar-refractivity contribution in [2.75, 3.05) is 19.6 Å². The summed E-state index contributed by atoms with van der Waals surface area (Å²) in [5.41, 5.74) is 0.0793. The van der Waals surface area contributed by atoms with E-state index in [0.717, 1.165) is 13.1 Å². The molecule has 0 bridgehead atoms. The van der Waals surface area contributed by atoms with Crippen LogP contribution in [0.5, 0.6) is 0 Å². The molecule has 1 fully saturated rings. The van der Waals surface area contributed by atoms with Gasteiger partial charge in [-0.25, -0.2) is 0 Å². The summed E-state index contributed by atoms with van der Waals surface area (Å²) in [6, 6.07) is 10.3. The van der Waals surface area contributed by atoms with Gasteiger partial charge in [0.2, 0.25) is 0 Å². The Kier molecular flexibility index (Phi) is 6.33. The summed E-state index contributed by atoms with van der Waals surface area (Å²) in [6.45, 7) is 2.54. The van der Waals surface area contributed by atoms with E-state index >= 15 is 0 Å². The molecule has 0 radical (unpaired) electrons. The van der Waals surface area contributed by atoms with Crippen molar-refractivity contribution in [1.29, 1.82) is 0 Å². The average molecular weight is 431 g/mol. The van der Waals surface area contributed by atoms with Crippen molar-refractivity contribution in [3.05, 3.63) is 67.7 Å². The zero-order valence-electron chi connectivity index (χ0n) is 16.0. The molecule has 1 atom stereocenters. The summed E-state index contributed by atoms with van der Waals surface area (Å²) in [7, 11) is 0. The average Bonchev–Trinajstić information content (AvgIpc) is 3.11. The molecule has 1 aromatic carbocycles. The van der Waals surface area contributed by atoms with Gasteiger partial charge in [0, 0.05) is 22.5 Å². The van der Waals surface area contributed by atoms with Gasteiger partial charge >= 0.3 is 0 Å². The number of amides is 1. The summed E-state index contributed by atoms with van der Waals surface area (Å²) in [4.78, 5) is 28.8. The lowest BCUT2D eigenvalue weighted by Crippen LogP contribution is -2.38. The zero-order valence-corrected chi connectivity index (χ0v) is 17.6. The quantitative estimate of drug-likeness (QED) is 0.628. The highest BCUT2D eigenvalue weighted by molar-refractivity contribution is 7.10. The van der Waals surface area contributed by atoms with Crippen molar-refractivity contribution >= 4 is 39.8 Å². The third kappa shape index (κ3) is 4.71. The van der Waals surface area contributed by atoms with Gasteiger partial charge in [-0.1, -0.05) is 30.5 Å². The number of nitrogens with one attached hydrogen (secondary N) is 1. The van der Waals surface area contributed by atoms with Gasteiger partial charge in [0.05, 0.1) is 11.4 Å². The number of carbonyl (C=O) groups is 1. The fourth-order valence-corrected chi connectivity index (χ4v) is 4.85. The van der Waals surface area contributed by atoms with Crippen LogP contribution in [0.2, 0.25) is 5.02 Å². The number of likely N-dealkylation sites (tertiary alicyclic amines) is 1. The number of benzene rings is 1. The van der Waals surface area contributed by atoms with E-state index < -0.39 is 0 Å². The molecule has 0 aliphatic carbocycles. The van der Waals surface area contributed by atoms with Gasteiger partial charge < -0.3 is 9.73 Å². The first-order valence-corrected chi connectivity index (χ1v) is 11.2. The third-order valence-electron chi connectivity index (χ3n) is 5.32. The van der Waals surface area contributed by atoms with E-state index in [2.05, 4.69) is 21.7 Å². The fourth-order valence-electron chi connectivity index (χ4n) is 3.81. The lowest BCUT2D eigenvalue weighted by Gasteiger charge is -2.30. The number of hydrogen-bond donors (Lipinski definition) is 1. The first kappa shape index (κ1) is 20.1. The van der Waals surface area contributed by atoms with Crippen LogP contribution in [0.4, 0.5) is 0 Å². The summed E-state index contributed by atoms with van der Waals surface area (Å²) >= 11 is 7.65. The monoisotopic (exact) mass is 430 g/mol. The zero-order chi connectivity index (χ0) is 20.2. The topological polar surface area (TPSA) is 62.6 Å². The van der Waals surface area contributed by atoms with Crippen LogP contribution in [0.25, 0.3) is 11.0 Å². The number of thiophene rings is 1. The maximum Gasteiger partial charge on any atom is 0.287 e. The molecule has 1 amide bonds. The molecule has 4 rings (SSSR count). The van der Waals surface area contributed by atoms with Gasteiger partial charge in [0.25, 0.3) is 5.91 Å². The highest BCUT2D eigenvalue weighted by Gasteiger charge is 2.24.